The van der Waals surface area contributed by atoms with Gasteiger partial charge in [0.25, 0.3) is 0 Å². The summed E-state index contributed by atoms with van der Waals surface area (Å²) < 4.78 is 0. The van der Waals surface area contributed by atoms with Crippen molar-refractivity contribution in [3.05, 3.63) is 29.3 Å². The molecular weight excluding hydrogens is 321 g/mol. The number of piperidine rings is 1. The van der Waals surface area contributed by atoms with Crippen LogP contribution in [0.2, 0.25) is 5.02 Å². The molecule has 0 bridgehead atoms. The Kier molecular flexibility index (Phi) is 6.50. The molecule has 2 aliphatic heterocycles. The number of rotatable bonds is 4. The first-order valence-electron chi connectivity index (χ1n) is 7.72. The van der Waals surface area contributed by atoms with E-state index in [1.54, 1.807) is 6.07 Å². The molecular formula is C16H23Cl2N3O. The first-order valence-corrected chi connectivity index (χ1v) is 8.10. The van der Waals surface area contributed by atoms with Crippen molar-refractivity contribution < 1.29 is 4.79 Å². The fourth-order valence-electron chi connectivity index (χ4n) is 3.36. The number of anilines is 1. The van der Waals surface area contributed by atoms with Gasteiger partial charge in [0.05, 0.1) is 10.7 Å². The minimum Gasteiger partial charge on any atom is -0.325 e. The van der Waals surface area contributed by atoms with E-state index >= 15 is 0 Å². The summed E-state index contributed by atoms with van der Waals surface area (Å²) in [5, 5.41) is 7.04. The molecule has 0 saturated carbocycles. The van der Waals surface area contributed by atoms with E-state index < -0.39 is 0 Å². The third kappa shape index (κ3) is 4.35. The first kappa shape index (κ1) is 17.5. The average molecular weight is 344 g/mol. The quantitative estimate of drug-likeness (QED) is 0.883. The number of likely N-dealkylation sites (tertiary alicyclic amines) is 1. The zero-order valence-electron chi connectivity index (χ0n) is 12.6. The number of hydrogen-bond donors (Lipinski definition) is 2. The zero-order chi connectivity index (χ0) is 14.7. The smallest absolute Gasteiger partial charge is 0.225 e. The van der Waals surface area contributed by atoms with Crippen molar-refractivity contribution in [2.45, 2.75) is 25.3 Å². The molecule has 1 amide bonds. The number of carbonyl (C=O) groups excluding carboxylic acids is 1. The Morgan fingerprint density at radius 2 is 2.18 bits per heavy atom. The molecule has 2 unspecified atom stereocenters. The van der Waals surface area contributed by atoms with E-state index in [9.17, 15) is 4.79 Å². The molecule has 1 aromatic rings. The predicted molar refractivity (Wildman–Crippen MR) is 92.9 cm³/mol. The van der Waals surface area contributed by atoms with E-state index in [1.807, 2.05) is 18.2 Å². The summed E-state index contributed by atoms with van der Waals surface area (Å²) in [6, 6.07) is 8.06. The number of nitrogens with zero attached hydrogens (tertiary/aromatic N) is 1. The summed E-state index contributed by atoms with van der Waals surface area (Å²) >= 11 is 6.05. The molecule has 22 heavy (non-hydrogen) atoms. The van der Waals surface area contributed by atoms with Gasteiger partial charge in [-0.05, 0) is 44.0 Å². The van der Waals surface area contributed by atoms with Crippen molar-refractivity contribution in [1.82, 2.24) is 10.2 Å². The van der Waals surface area contributed by atoms with E-state index in [4.69, 9.17) is 11.6 Å². The van der Waals surface area contributed by atoms with Crippen molar-refractivity contribution in [3.63, 3.8) is 0 Å². The van der Waals surface area contributed by atoms with Crippen molar-refractivity contribution in [2.24, 2.45) is 5.92 Å². The lowest BCUT2D eigenvalue weighted by Crippen LogP contribution is -2.45. The van der Waals surface area contributed by atoms with Crippen LogP contribution in [0.1, 0.15) is 19.3 Å². The van der Waals surface area contributed by atoms with Gasteiger partial charge in [-0.1, -0.05) is 23.7 Å². The summed E-state index contributed by atoms with van der Waals surface area (Å²) in [6.07, 6.45) is 3.00. The summed E-state index contributed by atoms with van der Waals surface area (Å²) in [5.41, 5.74) is 0.697. The molecule has 0 aromatic heterocycles. The van der Waals surface area contributed by atoms with Crippen LogP contribution in [0, 0.1) is 5.92 Å². The monoisotopic (exact) mass is 343 g/mol. The van der Waals surface area contributed by atoms with Gasteiger partial charge < -0.3 is 15.5 Å². The topological polar surface area (TPSA) is 44.4 Å². The van der Waals surface area contributed by atoms with E-state index in [1.165, 1.54) is 12.8 Å². The van der Waals surface area contributed by atoms with E-state index in [0.717, 1.165) is 32.1 Å². The fourth-order valence-corrected chi connectivity index (χ4v) is 3.54. The van der Waals surface area contributed by atoms with Gasteiger partial charge >= 0.3 is 0 Å². The van der Waals surface area contributed by atoms with Crippen LogP contribution in [0.3, 0.4) is 0 Å². The number of amides is 1. The minimum atomic E-state index is 0. The SMILES string of the molecule is Cl.O=C(CCN1CCC2NCCC2C1)Nc1ccccc1Cl. The molecule has 0 aliphatic carbocycles. The molecule has 2 fully saturated rings. The van der Waals surface area contributed by atoms with Gasteiger partial charge in [0, 0.05) is 25.6 Å². The summed E-state index contributed by atoms with van der Waals surface area (Å²) in [7, 11) is 0. The molecule has 2 N–H and O–H groups in total. The summed E-state index contributed by atoms with van der Waals surface area (Å²) in [6.45, 7) is 4.19. The van der Waals surface area contributed by atoms with Crippen LogP contribution >= 0.6 is 24.0 Å². The maximum atomic E-state index is 12.0. The highest BCUT2D eigenvalue weighted by molar-refractivity contribution is 6.33. The van der Waals surface area contributed by atoms with Crippen molar-refractivity contribution in [3.8, 4) is 0 Å². The molecule has 2 heterocycles. The van der Waals surface area contributed by atoms with Crippen LogP contribution in [0.5, 0.6) is 0 Å². The Hall–Kier alpha value is -0.810. The lowest BCUT2D eigenvalue weighted by Gasteiger charge is -2.34. The molecule has 2 aliphatic rings. The molecule has 122 valence electrons. The Morgan fingerprint density at radius 1 is 1.36 bits per heavy atom. The second-order valence-electron chi connectivity index (χ2n) is 5.98. The highest BCUT2D eigenvalue weighted by atomic mass is 35.5. The minimum absolute atomic E-state index is 0. The predicted octanol–water partition coefficient (Wildman–Crippen LogP) is 2.77. The number of carbonyl (C=O) groups is 1. The van der Waals surface area contributed by atoms with Crippen LogP contribution in [0.25, 0.3) is 0 Å². The van der Waals surface area contributed by atoms with Gasteiger partial charge in [-0.3, -0.25) is 4.79 Å². The van der Waals surface area contributed by atoms with Crippen LogP contribution < -0.4 is 10.6 Å². The second kappa shape index (κ2) is 8.16. The van der Waals surface area contributed by atoms with Gasteiger partial charge in [0.1, 0.15) is 0 Å². The van der Waals surface area contributed by atoms with Crippen molar-refractivity contribution in [2.75, 3.05) is 31.5 Å². The van der Waals surface area contributed by atoms with Crippen molar-refractivity contribution >= 4 is 35.6 Å². The van der Waals surface area contributed by atoms with E-state index in [-0.39, 0.29) is 18.3 Å². The molecule has 0 radical (unpaired) electrons. The Balaban J connectivity index is 0.00000176. The maximum Gasteiger partial charge on any atom is 0.225 e. The number of hydrogen-bond acceptors (Lipinski definition) is 3. The average Bonchev–Trinajstić information content (AvgIpc) is 2.95. The highest BCUT2D eigenvalue weighted by Crippen LogP contribution is 2.25. The Morgan fingerprint density at radius 3 is 3.00 bits per heavy atom. The Bertz CT molecular complexity index is 512. The van der Waals surface area contributed by atoms with Crippen LogP contribution in [0.4, 0.5) is 5.69 Å². The van der Waals surface area contributed by atoms with Crippen LogP contribution in [-0.4, -0.2) is 43.0 Å². The zero-order valence-corrected chi connectivity index (χ0v) is 14.1. The molecule has 6 heteroatoms. The third-order valence-corrected chi connectivity index (χ3v) is 4.87. The number of para-hydroxylation sites is 1. The highest BCUT2D eigenvalue weighted by Gasteiger charge is 2.32. The maximum absolute atomic E-state index is 12.0. The largest absolute Gasteiger partial charge is 0.325 e. The molecule has 2 saturated heterocycles. The summed E-state index contributed by atoms with van der Waals surface area (Å²) in [5.74, 6) is 0.806. The number of halogens is 2. The van der Waals surface area contributed by atoms with Crippen molar-refractivity contribution in [1.29, 1.82) is 0 Å². The molecule has 1 aromatic carbocycles. The second-order valence-corrected chi connectivity index (χ2v) is 6.38. The number of benzene rings is 1. The van der Waals surface area contributed by atoms with Gasteiger partial charge in [0.2, 0.25) is 5.91 Å². The lowest BCUT2D eigenvalue weighted by molar-refractivity contribution is -0.116. The van der Waals surface area contributed by atoms with E-state index in [0.29, 0.717) is 23.2 Å². The van der Waals surface area contributed by atoms with Gasteiger partial charge in [-0.15, -0.1) is 12.4 Å². The molecule has 0 spiro atoms. The molecule has 3 rings (SSSR count). The molecule has 4 nitrogen and oxygen atoms in total. The Labute approximate surface area is 143 Å². The normalized spacial score (nSPS) is 24.4. The standard InChI is InChI=1S/C16H22ClN3O.ClH/c17-13-3-1-2-4-15(13)19-16(21)7-10-20-9-6-14-12(11-20)5-8-18-14;/h1-4,12,14,18H,5-11H2,(H,19,21);1H. The summed E-state index contributed by atoms with van der Waals surface area (Å²) in [4.78, 5) is 14.4. The fraction of sp³-hybridized carbons (Fsp3) is 0.562. The first-order chi connectivity index (χ1) is 10.2. The van der Waals surface area contributed by atoms with E-state index in [2.05, 4.69) is 15.5 Å². The number of nitrogens with one attached hydrogen (secondary N) is 2. The number of fused-ring (bicyclic) bond motifs is 1. The van der Waals surface area contributed by atoms with Crippen LogP contribution in [-0.2, 0) is 4.79 Å². The lowest BCUT2D eigenvalue weighted by atomic mass is 9.93. The third-order valence-electron chi connectivity index (χ3n) is 4.54. The van der Waals surface area contributed by atoms with Crippen LogP contribution in [0.15, 0.2) is 24.3 Å². The van der Waals surface area contributed by atoms with Gasteiger partial charge in [0.15, 0.2) is 0 Å². The molecule has 2 atom stereocenters. The van der Waals surface area contributed by atoms with Gasteiger partial charge in [-0.2, -0.15) is 0 Å². The van der Waals surface area contributed by atoms with Gasteiger partial charge in [-0.25, -0.2) is 0 Å².